The average molecular weight is 189 g/mol. The highest BCUT2D eigenvalue weighted by Gasteiger charge is 2.29. The van der Waals surface area contributed by atoms with Crippen LogP contribution in [0.25, 0.3) is 0 Å². The summed E-state index contributed by atoms with van der Waals surface area (Å²) in [7, 11) is 0. The Morgan fingerprint density at radius 1 is 1.50 bits per heavy atom. The third-order valence-electron chi connectivity index (χ3n) is 2.27. The molecule has 0 N–H and O–H groups in total. The highest BCUT2D eigenvalue weighted by Crippen LogP contribution is 2.25. The predicted molar refractivity (Wildman–Crippen MR) is 57.4 cm³/mol. The lowest BCUT2D eigenvalue weighted by Gasteiger charge is -2.16. The maximum atomic E-state index is 5.58. The standard InChI is InChI=1S/C12H15NO/c1-12(2,3)11-13-10(8-14-11)9-6-4-5-7-9/h4-6,10H,8H2,1-3H3/t10-/m0/s1. The van der Waals surface area contributed by atoms with Crippen molar-refractivity contribution in [3.05, 3.63) is 29.5 Å². The molecule has 0 radical (unpaired) electrons. The third kappa shape index (κ3) is 1.66. The summed E-state index contributed by atoms with van der Waals surface area (Å²) in [6.07, 6.45) is 5.95. The van der Waals surface area contributed by atoms with Gasteiger partial charge in [-0.2, -0.15) is 0 Å². The first-order chi connectivity index (χ1) is 6.57. The van der Waals surface area contributed by atoms with Crippen LogP contribution in [0.3, 0.4) is 0 Å². The van der Waals surface area contributed by atoms with Crippen molar-refractivity contribution in [2.45, 2.75) is 26.8 Å². The number of hydrogen-bond donors (Lipinski definition) is 0. The minimum atomic E-state index is 0.0152. The molecule has 2 aliphatic rings. The van der Waals surface area contributed by atoms with Crippen LogP contribution in [0.2, 0.25) is 0 Å². The minimum absolute atomic E-state index is 0.0152. The van der Waals surface area contributed by atoms with Crippen LogP contribution >= 0.6 is 0 Å². The number of nitrogens with zero attached hydrogens (tertiary/aromatic N) is 1. The molecule has 14 heavy (non-hydrogen) atoms. The molecule has 74 valence electrons. The first-order valence-corrected chi connectivity index (χ1v) is 4.92. The zero-order chi connectivity index (χ0) is 10.2. The summed E-state index contributed by atoms with van der Waals surface area (Å²) in [6.45, 7) is 7.00. The van der Waals surface area contributed by atoms with Gasteiger partial charge in [0, 0.05) is 11.0 Å². The van der Waals surface area contributed by atoms with E-state index in [0.29, 0.717) is 6.61 Å². The lowest BCUT2D eigenvalue weighted by atomic mass is 9.97. The number of rotatable bonds is 1. The van der Waals surface area contributed by atoms with Crippen LogP contribution in [-0.2, 0) is 4.74 Å². The second kappa shape index (κ2) is 3.14. The molecule has 0 unspecified atom stereocenters. The second-order valence-corrected chi connectivity index (χ2v) is 4.64. The van der Waals surface area contributed by atoms with E-state index in [1.54, 1.807) is 0 Å². The molecule has 0 spiro atoms. The van der Waals surface area contributed by atoms with E-state index in [0.717, 1.165) is 11.5 Å². The lowest BCUT2D eigenvalue weighted by molar-refractivity contribution is 0.290. The van der Waals surface area contributed by atoms with Gasteiger partial charge in [-0.25, -0.2) is 4.99 Å². The van der Waals surface area contributed by atoms with Crippen molar-refractivity contribution in [2.75, 3.05) is 6.61 Å². The van der Waals surface area contributed by atoms with Gasteiger partial charge in [0.15, 0.2) is 5.90 Å². The smallest absolute Gasteiger partial charge is 0.189 e. The highest BCUT2D eigenvalue weighted by atomic mass is 16.5. The SMILES string of the molecule is CC(C)(C)C1=N[C@H](C2=C=CC=C2)CO1. The molecular weight excluding hydrogens is 174 g/mol. The van der Waals surface area contributed by atoms with Crippen LogP contribution in [0.15, 0.2) is 34.5 Å². The van der Waals surface area contributed by atoms with Gasteiger partial charge in [0.05, 0.1) is 0 Å². The van der Waals surface area contributed by atoms with Gasteiger partial charge in [-0.05, 0) is 12.2 Å². The lowest BCUT2D eigenvalue weighted by Crippen LogP contribution is -2.20. The summed E-state index contributed by atoms with van der Waals surface area (Å²) in [4.78, 5) is 4.56. The largest absolute Gasteiger partial charge is 0.478 e. The summed E-state index contributed by atoms with van der Waals surface area (Å²) >= 11 is 0. The molecule has 2 rings (SSSR count). The minimum Gasteiger partial charge on any atom is -0.478 e. The Morgan fingerprint density at radius 3 is 2.79 bits per heavy atom. The van der Waals surface area contributed by atoms with Crippen LogP contribution in [-0.4, -0.2) is 18.5 Å². The van der Waals surface area contributed by atoms with Crippen LogP contribution in [0, 0.1) is 5.41 Å². The predicted octanol–water partition coefficient (Wildman–Crippen LogP) is 2.48. The van der Waals surface area contributed by atoms with Crippen molar-refractivity contribution < 1.29 is 4.74 Å². The van der Waals surface area contributed by atoms with Gasteiger partial charge < -0.3 is 4.74 Å². The average Bonchev–Trinajstić information content (AvgIpc) is 2.73. The zero-order valence-corrected chi connectivity index (χ0v) is 8.87. The van der Waals surface area contributed by atoms with Crippen molar-refractivity contribution in [3.63, 3.8) is 0 Å². The Balaban J connectivity index is 2.17. The van der Waals surface area contributed by atoms with Crippen molar-refractivity contribution in [1.82, 2.24) is 0 Å². The van der Waals surface area contributed by atoms with Gasteiger partial charge >= 0.3 is 0 Å². The van der Waals surface area contributed by atoms with E-state index in [1.807, 2.05) is 18.2 Å². The van der Waals surface area contributed by atoms with Crippen molar-refractivity contribution in [3.8, 4) is 0 Å². The van der Waals surface area contributed by atoms with E-state index in [9.17, 15) is 0 Å². The molecule has 0 bridgehead atoms. The van der Waals surface area contributed by atoms with Crippen LogP contribution in [0.1, 0.15) is 20.8 Å². The number of allylic oxidation sites excluding steroid dienone is 1. The van der Waals surface area contributed by atoms with Crippen molar-refractivity contribution in [2.24, 2.45) is 10.4 Å². The van der Waals surface area contributed by atoms with E-state index < -0.39 is 0 Å². The maximum Gasteiger partial charge on any atom is 0.189 e. The van der Waals surface area contributed by atoms with Crippen LogP contribution in [0.5, 0.6) is 0 Å². The summed E-state index contributed by atoms with van der Waals surface area (Å²) in [5.41, 5.74) is 4.31. The van der Waals surface area contributed by atoms with Gasteiger partial charge in [-0.3, -0.25) is 0 Å². The molecule has 0 aromatic rings. The summed E-state index contributed by atoms with van der Waals surface area (Å²) in [5, 5.41) is 0. The number of hydrogen-bond acceptors (Lipinski definition) is 2. The highest BCUT2D eigenvalue weighted by molar-refractivity contribution is 5.83. The van der Waals surface area contributed by atoms with E-state index in [2.05, 4.69) is 31.5 Å². The third-order valence-corrected chi connectivity index (χ3v) is 2.27. The molecule has 0 saturated heterocycles. The fourth-order valence-electron chi connectivity index (χ4n) is 1.49. The Hall–Kier alpha value is -1.27. The molecule has 1 heterocycles. The molecule has 1 aliphatic carbocycles. The molecule has 0 aromatic carbocycles. The first kappa shape index (κ1) is 9.29. The molecule has 1 aliphatic heterocycles. The van der Waals surface area contributed by atoms with Gasteiger partial charge in [0.1, 0.15) is 12.6 Å². The molecular formula is C12H15NO. The molecule has 0 fully saturated rings. The monoisotopic (exact) mass is 189 g/mol. The summed E-state index contributed by atoms with van der Waals surface area (Å²) in [5.74, 6) is 0.858. The summed E-state index contributed by atoms with van der Waals surface area (Å²) < 4.78 is 5.58. The molecule has 2 nitrogen and oxygen atoms in total. The van der Waals surface area contributed by atoms with Gasteiger partial charge in [-0.1, -0.05) is 26.8 Å². The van der Waals surface area contributed by atoms with Gasteiger partial charge in [0.2, 0.25) is 0 Å². The summed E-state index contributed by atoms with van der Waals surface area (Å²) in [6, 6.07) is 0.152. The molecule has 2 heteroatoms. The van der Waals surface area contributed by atoms with E-state index in [1.165, 1.54) is 0 Å². The van der Waals surface area contributed by atoms with Crippen LogP contribution in [0.4, 0.5) is 0 Å². The van der Waals surface area contributed by atoms with Gasteiger partial charge in [-0.15, -0.1) is 5.73 Å². The van der Waals surface area contributed by atoms with E-state index >= 15 is 0 Å². The normalized spacial score (nSPS) is 24.9. The van der Waals surface area contributed by atoms with Crippen LogP contribution < -0.4 is 0 Å². The molecule has 0 saturated carbocycles. The van der Waals surface area contributed by atoms with Crippen molar-refractivity contribution >= 4 is 5.90 Å². The Kier molecular flexibility index (Phi) is 2.09. The first-order valence-electron chi connectivity index (χ1n) is 4.92. The number of ether oxygens (including phenoxy) is 1. The van der Waals surface area contributed by atoms with Gasteiger partial charge in [0.25, 0.3) is 0 Å². The molecule has 0 amide bonds. The second-order valence-electron chi connectivity index (χ2n) is 4.64. The maximum absolute atomic E-state index is 5.58. The topological polar surface area (TPSA) is 21.6 Å². The van der Waals surface area contributed by atoms with E-state index in [-0.39, 0.29) is 11.5 Å². The van der Waals surface area contributed by atoms with Crippen molar-refractivity contribution in [1.29, 1.82) is 0 Å². The number of aliphatic imine (C=N–C) groups is 1. The Bertz CT molecular complexity index is 362. The molecule has 1 atom stereocenters. The fraction of sp³-hybridized carbons (Fsp3) is 0.500. The Labute approximate surface area is 84.7 Å². The zero-order valence-electron chi connectivity index (χ0n) is 8.87. The molecule has 0 aromatic heterocycles. The Morgan fingerprint density at radius 2 is 2.29 bits per heavy atom. The quantitative estimate of drug-likeness (QED) is 0.581. The van der Waals surface area contributed by atoms with E-state index in [4.69, 9.17) is 4.74 Å². The fourth-order valence-corrected chi connectivity index (χ4v) is 1.49.